The molecule has 10 heteroatoms. The molecule has 0 unspecified atom stereocenters. The first-order valence-corrected chi connectivity index (χ1v) is 15.9. The van der Waals surface area contributed by atoms with Crippen LogP contribution >= 0.6 is 0 Å². The lowest BCUT2D eigenvalue weighted by molar-refractivity contribution is -0.00378. The lowest BCUT2D eigenvalue weighted by atomic mass is 9.96. The second-order valence-electron chi connectivity index (χ2n) is 9.94. The van der Waals surface area contributed by atoms with Crippen molar-refractivity contribution in [1.29, 1.82) is 0 Å². The lowest BCUT2D eigenvalue weighted by Crippen LogP contribution is -2.14. The van der Waals surface area contributed by atoms with Crippen molar-refractivity contribution in [2.75, 3.05) is 119 Å². The van der Waals surface area contributed by atoms with Crippen LogP contribution in [0.4, 0.5) is 0 Å². The van der Waals surface area contributed by atoms with Crippen LogP contribution in [0.3, 0.4) is 0 Å². The topological polar surface area (TPSA) is 114 Å². The van der Waals surface area contributed by atoms with Crippen LogP contribution in [0.25, 0.3) is 0 Å². The van der Waals surface area contributed by atoms with E-state index in [1.165, 1.54) is 11.1 Å². The molecule has 0 radical (unpaired) electrons. The fourth-order valence-corrected chi connectivity index (χ4v) is 4.05. The van der Waals surface area contributed by atoms with Gasteiger partial charge in [0.15, 0.2) is 0 Å². The van der Waals surface area contributed by atoms with Gasteiger partial charge in [-0.1, -0.05) is 72.5 Å². The lowest BCUT2D eigenvalue weighted by Gasteiger charge is -2.14. The Bertz CT molecular complexity index is 1050. The zero-order valence-electron chi connectivity index (χ0n) is 27.1. The fraction of sp³-hybridized carbons (Fsp3) is 0.556. The quantitative estimate of drug-likeness (QED) is 0.101. The highest BCUT2D eigenvalue weighted by Gasteiger charge is 2.09. The van der Waals surface area contributed by atoms with Gasteiger partial charge in [0, 0.05) is 12.0 Å². The minimum atomic E-state index is 0.0133. The van der Waals surface area contributed by atoms with Gasteiger partial charge in [0.25, 0.3) is 0 Å². The molecule has 2 aromatic carbocycles. The number of aliphatic hydroxyl groups excluding tert-OH is 2. The molecule has 256 valence electrons. The zero-order chi connectivity index (χ0) is 32.6. The van der Waals surface area contributed by atoms with Gasteiger partial charge >= 0.3 is 0 Å². The summed E-state index contributed by atoms with van der Waals surface area (Å²) in [6.07, 6.45) is 1.43. The van der Waals surface area contributed by atoms with E-state index in [4.69, 9.17) is 48.1 Å². The molecule has 0 saturated carbocycles. The maximum Gasteiger partial charge on any atom is 0.108 e. The molecule has 0 aliphatic rings. The molecule has 0 aliphatic heterocycles. The Morgan fingerprint density at radius 2 is 0.848 bits per heavy atom. The average Bonchev–Trinajstić information content (AvgIpc) is 3.08. The van der Waals surface area contributed by atoms with Gasteiger partial charge in [-0.05, 0) is 23.1 Å². The third-order valence-corrected chi connectivity index (χ3v) is 6.30. The second-order valence-corrected chi connectivity index (χ2v) is 9.94. The van der Waals surface area contributed by atoms with E-state index in [9.17, 15) is 0 Å². The Morgan fingerprint density at radius 1 is 0.457 bits per heavy atom. The zero-order valence-corrected chi connectivity index (χ0v) is 27.1. The molecule has 10 nitrogen and oxygen atoms in total. The second kappa shape index (κ2) is 29.7. The van der Waals surface area contributed by atoms with Crippen molar-refractivity contribution in [1.82, 2.24) is 0 Å². The van der Waals surface area contributed by atoms with Crippen LogP contribution in [0.1, 0.15) is 11.1 Å². The Labute approximate surface area is 274 Å². The summed E-state index contributed by atoms with van der Waals surface area (Å²) >= 11 is 0. The Morgan fingerprint density at radius 3 is 1.30 bits per heavy atom. The highest BCUT2D eigenvalue weighted by molar-refractivity contribution is 5.40. The molecule has 0 fully saturated rings. The largest absolute Gasteiger partial charge is 0.394 e. The molecule has 0 heterocycles. The highest BCUT2D eigenvalue weighted by atomic mass is 16.6. The summed E-state index contributed by atoms with van der Waals surface area (Å²) in [4.78, 5) is 0. The summed E-state index contributed by atoms with van der Waals surface area (Å²) in [5.41, 5.74) is 4.52. The number of rotatable bonds is 29. The first kappa shape index (κ1) is 39.5. The van der Waals surface area contributed by atoms with Crippen molar-refractivity contribution in [2.24, 2.45) is 0 Å². The van der Waals surface area contributed by atoms with Crippen LogP contribution in [0.15, 0.2) is 71.8 Å². The Kier molecular flexibility index (Phi) is 25.5. The highest BCUT2D eigenvalue weighted by Crippen LogP contribution is 2.17. The predicted octanol–water partition coefficient (Wildman–Crippen LogP) is 2.89. The monoisotopic (exact) mass is 644 g/mol. The normalized spacial score (nSPS) is 11.7. The van der Waals surface area contributed by atoms with Crippen molar-refractivity contribution >= 4 is 0 Å². The van der Waals surface area contributed by atoms with Crippen molar-refractivity contribution in [3.63, 3.8) is 0 Å². The van der Waals surface area contributed by atoms with Gasteiger partial charge < -0.3 is 48.1 Å². The molecule has 2 rings (SSSR count). The van der Waals surface area contributed by atoms with E-state index in [-0.39, 0.29) is 13.2 Å². The van der Waals surface area contributed by atoms with E-state index >= 15 is 0 Å². The van der Waals surface area contributed by atoms with Crippen LogP contribution in [-0.4, -0.2) is 129 Å². The summed E-state index contributed by atoms with van der Waals surface area (Å²) in [6, 6.07) is 20.6. The number of hydrogen-bond acceptors (Lipinski definition) is 10. The summed E-state index contributed by atoms with van der Waals surface area (Å²) in [6.45, 7) is 6.97. The van der Waals surface area contributed by atoms with Gasteiger partial charge in [0.1, 0.15) is 6.61 Å². The maximum absolute atomic E-state index is 8.71. The van der Waals surface area contributed by atoms with Crippen molar-refractivity contribution < 1.29 is 48.1 Å². The molecule has 0 atom stereocenters. The van der Waals surface area contributed by atoms with Crippen molar-refractivity contribution in [2.45, 2.75) is 12.8 Å². The third kappa shape index (κ3) is 22.0. The van der Waals surface area contributed by atoms with Gasteiger partial charge in [-0.25, -0.2) is 0 Å². The molecule has 46 heavy (non-hydrogen) atoms. The summed E-state index contributed by atoms with van der Waals surface area (Å²) in [7, 11) is 0. The SMILES string of the molecule is OCCOCCOCCOCCOCC#C/C(Cc1ccccc1)=C(/COCCOCCOCCOCCO)Cc1ccccc1. The summed E-state index contributed by atoms with van der Waals surface area (Å²) < 4.78 is 44.1. The van der Waals surface area contributed by atoms with Crippen LogP contribution in [-0.2, 0) is 50.7 Å². The number of aliphatic hydroxyl groups is 2. The maximum atomic E-state index is 8.71. The molecular weight excluding hydrogens is 592 g/mol. The third-order valence-electron chi connectivity index (χ3n) is 6.30. The molecule has 0 aromatic heterocycles. The van der Waals surface area contributed by atoms with Gasteiger partial charge in [0.2, 0.25) is 0 Å². The first-order valence-electron chi connectivity index (χ1n) is 15.9. The molecule has 0 aliphatic carbocycles. The van der Waals surface area contributed by atoms with Crippen LogP contribution in [0.2, 0.25) is 0 Å². The van der Waals surface area contributed by atoms with E-state index < -0.39 is 0 Å². The van der Waals surface area contributed by atoms with E-state index in [0.29, 0.717) is 112 Å². The van der Waals surface area contributed by atoms with E-state index in [2.05, 4.69) is 36.1 Å². The van der Waals surface area contributed by atoms with E-state index in [1.807, 2.05) is 36.4 Å². The van der Waals surface area contributed by atoms with Crippen molar-refractivity contribution in [3.05, 3.63) is 82.9 Å². The summed E-state index contributed by atoms with van der Waals surface area (Å²) in [5.74, 6) is 6.58. The molecule has 0 amide bonds. The van der Waals surface area contributed by atoms with Gasteiger partial charge in [-0.2, -0.15) is 0 Å². The fourth-order valence-electron chi connectivity index (χ4n) is 4.05. The molecule has 2 N–H and O–H groups in total. The molecule has 0 spiro atoms. The Hall–Kier alpha value is -2.66. The predicted molar refractivity (Wildman–Crippen MR) is 176 cm³/mol. The van der Waals surface area contributed by atoms with Gasteiger partial charge in [-0.3, -0.25) is 0 Å². The van der Waals surface area contributed by atoms with Gasteiger partial charge in [0.05, 0.1) is 112 Å². The molecule has 0 bridgehead atoms. The van der Waals surface area contributed by atoms with Crippen LogP contribution < -0.4 is 0 Å². The number of ether oxygens (including phenoxy) is 8. The standard InChI is InChI=1S/C36H52O10/c37-13-16-40-19-22-43-25-24-42-21-18-39-15-7-12-35(30-33-8-3-1-4-9-33)36(31-34-10-5-2-6-11-34)32-46-29-28-45-27-26-44-23-20-41-17-14-38/h1-6,8-11,37-38H,13-32H2/b36-35-. The van der Waals surface area contributed by atoms with Crippen molar-refractivity contribution in [3.8, 4) is 11.8 Å². The minimum absolute atomic E-state index is 0.0133. The van der Waals surface area contributed by atoms with E-state index in [0.717, 1.165) is 17.6 Å². The molecular formula is C36H52O10. The summed E-state index contributed by atoms with van der Waals surface area (Å²) in [5, 5.41) is 17.4. The number of hydrogen-bond donors (Lipinski definition) is 2. The average molecular weight is 645 g/mol. The molecule has 0 saturated heterocycles. The smallest absolute Gasteiger partial charge is 0.108 e. The number of allylic oxidation sites excluding steroid dienone is 1. The van der Waals surface area contributed by atoms with E-state index in [1.54, 1.807) is 0 Å². The molecule has 2 aromatic rings. The van der Waals surface area contributed by atoms with Gasteiger partial charge in [-0.15, -0.1) is 0 Å². The van der Waals surface area contributed by atoms with Crippen LogP contribution in [0, 0.1) is 11.8 Å². The minimum Gasteiger partial charge on any atom is -0.394 e. The number of benzene rings is 2. The Balaban J connectivity index is 1.85. The van der Waals surface area contributed by atoms with Crippen LogP contribution in [0.5, 0.6) is 0 Å². The first-order chi connectivity index (χ1) is 22.8.